The van der Waals surface area contributed by atoms with Gasteiger partial charge < -0.3 is 29.2 Å². The number of rotatable bonds is 17. The van der Waals surface area contributed by atoms with E-state index in [4.69, 9.17) is 27.0 Å². The van der Waals surface area contributed by atoms with Gasteiger partial charge >= 0.3 is 10.3 Å². The molecule has 0 amide bonds. The summed E-state index contributed by atoms with van der Waals surface area (Å²) in [4.78, 5) is 0. The van der Waals surface area contributed by atoms with E-state index in [2.05, 4.69) is 54.1 Å². The predicted octanol–water partition coefficient (Wildman–Crippen LogP) is 5.47. The molecule has 45 heavy (non-hydrogen) atoms. The van der Waals surface area contributed by atoms with Crippen molar-refractivity contribution in [3.63, 3.8) is 0 Å². The van der Waals surface area contributed by atoms with E-state index in [9.17, 15) is 0 Å². The zero-order chi connectivity index (χ0) is 32.3. The van der Waals surface area contributed by atoms with E-state index >= 15 is 0 Å². The summed E-state index contributed by atoms with van der Waals surface area (Å²) in [6.07, 6.45) is 4.03. The van der Waals surface area contributed by atoms with Gasteiger partial charge in [0.15, 0.2) is 0 Å². The van der Waals surface area contributed by atoms with Crippen LogP contribution in [0.2, 0.25) is 0 Å². The third-order valence-electron chi connectivity index (χ3n) is 5.76. The van der Waals surface area contributed by atoms with Crippen LogP contribution in [0.25, 0.3) is 0 Å². The maximum Gasteiger partial charge on any atom is 0.408 e. The van der Waals surface area contributed by atoms with Crippen molar-refractivity contribution in [2.45, 2.75) is 26.9 Å². The van der Waals surface area contributed by atoms with Crippen molar-refractivity contribution in [2.24, 2.45) is 20.5 Å². The molecule has 0 saturated carbocycles. The molecular weight excluding hydrogens is 641 g/mol. The molecule has 2 heterocycles. The fourth-order valence-electron chi connectivity index (χ4n) is 3.59. The lowest BCUT2D eigenvalue weighted by molar-refractivity contribution is -0.677. The van der Waals surface area contributed by atoms with Gasteiger partial charge in [-0.15, -0.1) is 0 Å². The summed E-state index contributed by atoms with van der Waals surface area (Å²) in [6.45, 7) is 9.70. The molecule has 0 spiro atoms. The molecule has 0 aliphatic rings. The van der Waals surface area contributed by atoms with Crippen LogP contribution in [0, 0.1) is 0 Å². The van der Waals surface area contributed by atoms with Crippen LogP contribution in [0.4, 0.5) is 33.0 Å². The first-order valence-electron chi connectivity index (χ1n) is 14.0. The Kier molecular flexibility index (Phi) is 15.6. The molecule has 0 aliphatic carbocycles. The first kappa shape index (κ1) is 35.8. The standard InChI is InChI=1S/C28H34N8O2S2.H2O4S/c1-3-35-15-21-39-27(35)33-31-25-9-5-23(6-10-25)29-13-17-37-19-20-38-18-14-30-24-7-11-26(12-8-24)32-34-28-36(4-2)16-22-40-28;1-5(2,3)4/h5-12,15-16,21-22H,3-4,13-14,17-20H2,1-2H3;(H2,1,2,3,4). The van der Waals surface area contributed by atoms with Gasteiger partial charge in [0.05, 0.1) is 49.7 Å². The molecule has 0 fully saturated rings. The predicted molar refractivity (Wildman–Crippen MR) is 171 cm³/mol. The van der Waals surface area contributed by atoms with Crippen molar-refractivity contribution >= 4 is 66.1 Å². The Balaban J connectivity index is 0.00000102. The number of aromatic nitrogens is 2. The van der Waals surface area contributed by atoms with Crippen molar-refractivity contribution in [1.82, 2.24) is 0 Å². The first-order valence-corrected chi connectivity index (χ1v) is 17.1. The minimum absolute atomic E-state index is 0.559. The molecule has 242 valence electrons. The molecule has 4 rings (SSSR count). The smallest absolute Gasteiger partial charge is 0.408 e. The van der Waals surface area contributed by atoms with Crippen LogP contribution < -0.4 is 19.8 Å². The zero-order valence-electron chi connectivity index (χ0n) is 24.9. The molecule has 0 bridgehead atoms. The molecule has 2 aromatic carbocycles. The highest BCUT2D eigenvalue weighted by atomic mass is 32.3. The Morgan fingerprint density at radius 1 is 0.667 bits per heavy atom. The quantitative estimate of drug-likeness (QED) is 0.0485. The number of hydrogen-bond acceptors (Lipinski definition) is 14. The van der Waals surface area contributed by atoms with Crippen molar-refractivity contribution in [2.75, 3.05) is 50.2 Å². The van der Waals surface area contributed by atoms with Crippen LogP contribution in [0.3, 0.4) is 0 Å². The third-order valence-corrected chi connectivity index (χ3v) is 7.33. The SMILES string of the molecule is CC[n+]1ccsc1N=Nc1ccc(NCCOCCOCCNc2ccc(N=Nc3scc[n+]3CC)cc2)cc1.O=S(=O)([O-])[O-]. The monoisotopic (exact) mass is 676 g/mol. The fraction of sp³-hybridized carbons (Fsp3) is 0.357. The maximum atomic E-state index is 8.52. The van der Waals surface area contributed by atoms with Crippen LogP contribution in [0.15, 0.2) is 92.1 Å². The number of hydrogen-bond donors (Lipinski definition) is 2. The highest BCUT2D eigenvalue weighted by molar-refractivity contribution is 7.79. The van der Waals surface area contributed by atoms with Gasteiger partial charge in [0.25, 0.3) is 0 Å². The largest absolute Gasteiger partial charge is 0.759 e. The minimum Gasteiger partial charge on any atom is -0.759 e. The molecule has 4 aromatic rings. The van der Waals surface area contributed by atoms with E-state index in [1.165, 1.54) is 0 Å². The van der Waals surface area contributed by atoms with E-state index in [-0.39, 0.29) is 0 Å². The fourth-order valence-corrected chi connectivity index (χ4v) is 5.07. The second-order valence-electron chi connectivity index (χ2n) is 8.92. The Bertz CT molecular complexity index is 1460. The van der Waals surface area contributed by atoms with Gasteiger partial charge in [-0.2, -0.15) is 0 Å². The van der Waals surface area contributed by atoms with Gasteiger partial charge in [-0.1, -0.05) is 0 Å². The highest BCUT2D eigenvalue weighted by Gasteiger charge is 2.10. The van der Waals surface area contributed by atoms with E-state index in [1.54, 1.807) is 22.7 Å². The molecular formula is C28H36N8O6S3. The van der Waals surface area contributed by atoms with Gasteiger partial charge in [-0.05, 0) is 95.3 Å². The van der Waals surface area contributed by atoms with Crippen molar-refractivity contribution in [3.8, 4) is 0 Å². The molecule has 2 aromatic heterocycles. The van der Waals surface area contributed by atoms with Gasteiger partial charge in [0.2, 0.25) is 0 Å². The Morgan fingerprint density at radius 2 is 1.04 bits per heavy atom. The summed E-state index contributed by atoms with van der Waals surface area (Å²) in [5, 5.41) is 29.8. The Hall–Kier alpha value is -3.71. The summed E-state index contributed by atoms with van der Waals surface area (Å²) in [5.41, 5.74) is 3.69. The average Bonchev–Trinajstić information content (AvgIpc) is 3.69. The third kappa shape index (κ3) is 14.7. The number of nitrogens with one attached hydrogen (secondary N) is 2. The molecule has 0 saturated heterocycles. The van der Waals surface area contributed by atoms with Crippen LogP contribution >= 0.6 is 22.7 Å². The van der Waals surface area contributed by atoms with Crippen LogP contribution in [-0.2, 0) is 33.0 Å². The normalized spacial score (nSPS) is 11.6. The number of thiazole rings is 2. The van der Waals surface area contributed by atoms with Crippen LogP contribution in [-0.4, -0.2) is 57.0 Å². The highest BCUT2D eigenvalue weighted by Crippen LogP contribution is 2.22. The van der Waals surface area contributed by atoms with Crippen LogP contribution in [0.5, 0.6) is 0 Å². The Labute approximate surface area is 270 Å². The van der Waals surface area contributed by atoms with E-state index in [1.807, 2.05) is 71.7 Å². The van der Waals surface area contributed by atoms with Gasteiger partial charge in [0, 0.05) is 45.6 Å². The number of anilines is 2. The number of aryl methyl sites for hydroxylation is 2. The minimum atomic E-state index is -5.17. The lowest BCUT2D eigenvalue weighted by Crippen LogP contribution is -2.28. The van der Waals surface area contributed by atoms with Crippen molar-refractivity contribution < 1.29 is 36.1 Å². The van der Waals surface area contributed by atoms with Gasteiger partial charge in [-0.3, -0.25) is 8.42 Å². The molecule has 2 N–H and O–H groups in total. The lowest BCUT2D eigenvalue weighted by Gasteiger charge is -2.09. The number of azo groups is 2. The first-order chi connectivity index (χ1) is 21.7. The summed E-state index contributed by atoms with van der Waals surface area (Å²) in [7, 11) is -5.17. The average molecular weight is 677 g/mol. The lowest BCUT2D eigenvalue weighted by atomic mass is 10.3. The number of nitrogens with zero attached hydrogens (tertiary/aromatic N) is 6. The second-order valence-corrected chi connectivity index (χ2v) is 11.5. The molecule has 17 heteroatoms. The van der Waals surface area contributed by atoms with Gasteiger partial charge in [-0.25, -0.2) is 9.13 Å². The van der Waals surface area contributed by atoms with Crippen LogP contribution in [0.1, 0.15) is 13.8 Å². The summed E-state index contributed by atoms with van der Waals surface area (Å²) in [5.74, 6) is 0. The number of benzene rings is 2. The van der Waals surface area contributed by atoms with Crippen molar-refractivity contribution in [1.29, 1.82) is 0 Å². The topological polar surface area (TPSA) is 180 Å². The zero-order valence-corrected chi connectivity index (χ0v) is 27.4. The Morgan fingerprint density at radius 3 is 1.40 bits per heavy atom. The van der Waals surface area contributed by atoms with E-state index in [0.717, 1.165) is 59.2 Å². The summed E-state index contributed by atoms with van der Waals surface area (Å²) in [6, 6.07) is 15.8. The molecule has 0 aliphatic heterocycles. The van der Waals surface area contributed by atoms with E-state index < -0.39 is 10.4 Å². The molecule has 14 nitrogen and oxygen atoms in total. The summed E-state index contributed by atoms with van der Waals surface area (Å²) >= 11 is 3.16. The second kappa shape index (κ2) is 19.6. The molecule has 0 radical (unpaired) electrons. The van der Waals surface area contributed by atoms with Crippen molar-refractivity contribution in [3.05, 3.63) is 71.7 Å². The van der Waals surface area contributed by atoms with E-state index in [0.29, 0.717) is 26.4 Å². The number of ether oxygens (including phenoxy) is 2. The molecule has 0 atom stereocenters. The van der Waals surface area contributed by atoms with Gasteiger partial charge in [0.1, 0.15) is 23.8 Å². The maximum absolute atomic E-state index is 8.52. The summed E-state index contributed by atoms with van der Waals surface area (Å²) < 4.78 is 49.5. The molecule has 0 unspecified atom stereocenters.